The predicted octanol–water partition coefficient (Wildman–Crippen LogP) is 2.83. The van der Waals surface area contributed by atoms with Crippen molar-refractivity contribution in [1.29, 1.82) is 0 Å². The molecule has 0 spiro atoms. The van der Waals surface area contributed by atoms with Gasteiger partial charge in [-0.25, -0.2) is 9.18 Å². The average molecular weight is 361 g/mol. The van der Waals surface area contributed by atoms with E-state index in [2.05, 4.69) is 10.5 Å². The summed E-state index contributed by atoms with van der Waals surface area (Å²) in [6.45, 7) is 3.15. The number of carbonyl (C=O) groups is 2. The minimum absolute atomic E-state index is 0.0594. The Labute approximate surface area is 150 Å². The van der Waals surface area contributed by atoms with E-state index in [1.807, 2.05) is 0 Å². The third-order valence-corrected chi connectivity index (χ3v) is 4.21. The highest BCUT2D eigenvalue weighted by molar-refractivity contribution is 5.92. The van der Waals surface area contributed by atoms with Gasteiger partial charge in [-0.05, 0) is 31.9 Å². The lowest BCUT2D eigenvalue weighted by Crippen LogP contribution is -2.46. The summed E-state index contributed by atoms with van der Waals surface area (Å²) in [6, 6.07) is 7.34. The van der Waals surface area contributed by atoms with Crippen molar-refractivity contribution in [3.8, 4) is 11.3 Å². The number of hydrogen-bond donors (Lipinski definition) is 1. The molecule has 0 atom stereocenters. The Morgan fingerprint density at radius 2 is 2.12 bits per heavy atom. The molecule has 138 valence electrons. The molecular weight excluding hydrogens is 341 g/mol. The second kappa shape index (κ2) is 7.99. The predicted molar refractivity (Wildman–Crippen MR) is 91.0 cm³/mol. The Morgan fingerprint density at radius 1 is 1.35 bits per heavy atom. The minimum atomic E-state index is -0.384. The van der Waals surface area contributed by atoms with Crippen LogP contribution in [0.2, 0.25) is 0 Å². The van der Waals surface area contributed by atoms with Gasteiger partial charge in [-0.15, -0.1) is 0 Å². The van der Waals surface area contributed by atoms with Gasteiger partial charge in [0.15, 0.2) is 0 Å². The van der Waals surface area contributed by atoms with E-state index in [0.29, 0.717) is 43.8 Å². The summed E-state index contributed by atoms with van der Waals surface area (Å²) < 4.78 is 23.3. The maximum absolute atomic E-state index is 13.3. The molecule has 8 heteroatoms. The van der Waals surface area contributed by atoms with Crippen LogP contribution in [0.25, 0.3) is 11.3 Å². The quantitative estimate of drug-likeness (QED) is 0.905. The van der Waals surface area contributed by atoms with Crippen molar-refractivity contribution in [3.05, 3.63) is 41.9 Å². The molecule has 26 heavy (non-hydrogen) atoms. The van der Waals surface area contributed by atoms with Crippen LogP contribution in [-0.2, 0) is 4.74 Å². The molecule has 3 rings (SSSR count). The first-order valence-corrected chi connectivity index (χ1v) is 8.52. The van der Waals surface area contributed by atoms with Crippen LogP contribution < -0.4 is 5.32 Å². The van der Waals surface area contributed by atoms with Crippen LogP contribution in [0.15, 0.2) is 34.9 Å². The van der Waals surface area contributed by atoms with Gasteiger partial charge in [-0.1, -0.05) is 17.3 Å². The number of nitrogens with one attached hydrogen (secondary N) is 1. The molecule has 1 N–H and O–H groups in total. The zero-order chi connectivity index (χ0) is 18.5. The van der Waals surface area contributed by atoms with Gasteiger partial charge in [0.05, 0.1) is 6.61 Å². The van der Waals surface area contributed by atoms with E-state index in [1.54, 1.807) is 24.0 Å². The average Bonchev–Trinajstić information content (AvgIpc) is 3.13. The summed E-state index contributed by atoms with van der Waals surface area (Å²) in [5.41, 5.74) is 0.933. The third kappa shape index (κ3) is 4.19. The number of carbonyl (C=O) groups excluding carboxylic acids is 2. The van der Waals surface area contributed by atoms with Crippen molar-refractivity contribution in [2.75, 3.05) is 19.7 Å². The van der Waals surface area contributed by atoms with E-state index in [1.165, 1.54) is 18.2 Å². The molecular formula is C18H20FN3O4. The van der Waals surface area contributed by atoms with Gasteiger partial charge in [-0.3, -0.25) is 4.79 Å². The first-order chi connectivity index (χ1) is 12.6. The highest BCUT2D eigenvalue weighted by atomic mass is 19.1. The number of benzene rings is 1. The van der Waals surface area contributed by atoms with Crippen molar-refractivity contribution >= 4 is 12.0 Å². The molecule has 2 heterocycles. The SMILES string of the molecule is CCOC(=O)N1CCC(NC(=O)c2cc(-c3cccc(F)c3)no2)CC1. The Bertz CT molecular complexity index is 784. The fourth-order valence-corrected chi connectivity index (χ4v) is 2.84. The number of aromatic nitrogens is 1. The van der Waals surface area contributed by atoms with Gasteiger partial charge in [0.25, 0.3) is 5.91 Å². The number of amides is 2. The lowest BCUT2D eigenvalue weighted by Gasteiger charge is -2.31. The Hall–Kier alpha value is -2.90. The van der Waals surface area contributed by atoms with Gasteiger partial charge in [-0.2, -0.15) is 0 Å². The first-order valence-electron chi connectivity index (χ1n) is 8.52. The topological polar surface area (TPSA) is 84.7 Å². The lowest BCUT2D eigenvalue weighted by molar-refractivity contribution is 0.0834. The molecule has 0 aliphatic carbocycles. The summed E-state index contributed by atoms with van der Waals surface area (Å²) in [5, 5.41) is 6.70. The summed E-state index contributed by atoms with van der Waals surface area (Å²) in [4.78, 5) is 25.6. The zero-order valence-corrected chi connectivity index (χ0v) is 14.4. The molecule has 1 saturated heterocycles. The first kappa shape index (κ1) is 17.9. The van der Waals surface area contributed by atoms with E-state index < -0.39 is 0 Å². The summed E-state index contributed by atoms with van der Waals surface area (Å²) in [6.07, 6.45) is 0.942. The molecule has 1 aliphatic heterocycles. The smallest absolute Gasteiger partial charge is 0.409 e. The van der Waals surface area contributed by atoms with E-state index in [0.717, 1.165) is 0 Å². The number of halogens is 1. The number of rotatable bonds is 4. The number of piperidine rings is 1. The van der Waals surface area contributed by atoms with Gasteiger partial charge in [0.1, 0.15) is 11.5 Å². The van der Waals surface area contributed by atoms with Gasteiger partial charge < -0.3 is 19.5 Å². The maximum Gasteiger partial charge on any atom is 0.409 e. The fourth-order valence-electron chi connectivity index (χ4n) is 2.84. The van der Waals surface area contributed by atoms with Crippen LogP contribution in [-0.4, -0.2) is 47.8 Å². The second-order valence-corrected chi connectivity index (χ2v) is 6.02. The zero-order valence-electron chi connectivity index (χ0n) is 14.4. The second-order valence-electron chi connectivity index (χ2n) is 6.02. The van der Waals surface area contributed by atoms with Crippen LogP contribution >= 0.6 is 0 Å². The van der Waals surface area contributed by atoms with E-state index in [9.17, 15) is 14.0 Å². The molecule has 7 nitrogen and oxygen atoms in total. The van der Waals surface area contributed by atoms with Crippen molar-refractivity contribution in [2.45, 2.75) is 25.8 Å². The van der Waals surface area contributed by atoms with Crippen LogP contribution in [0.5, 0.6) is 0 Å². The van der Waals surface area contributed by atoms with Crippen molar-refractivity contribution in [3.63, 3.8) is 0 Å². The molecule has 2 aromatic rings. The van der Waals surface area contributed by atoms with Crippen LogP contribution in [0, 0.1) is 5.82 Å². The molecule has 1 aromatic carbocycles. The molecule has 1 aromatic heterocycles. The highest BCUT2D eigenvalue weighted by Gasteiger charge is 2.26. The van der Waals surface area contributed by atoms with Crippen molar-refractivity contribution in [2.24, 2.45) is 0 Å². The Balaban J connectivity index is 1.56. The van der Waals surface area contributed by atoms with E-state index in [4.69, 9.17) is 9.26 Å². The fraction of sp³-hybridized carbons (Fsp3) is 0.389. The third-order valence-electron chi connectivity index (χ3n) is 4.21. The molecule has 0 bridgehead atoms. The Morgan fingerprint density at radius 3 is 2.81 bits per heavy atom. The van der Waals surface area contributed by atoms with Gasteiger partial charge in [0.2, 0.25) is 5.76 Å². The normalized spacial score (nSPS) is 14.9. The Kier molecular flexibility index (Phi) is 5.50. The van der Waals surface area contributed by atoms with Crippen LogP contribution in [0.3, 0.4) is 0 Å². The van der Waals surface area contributed by atoms with E-state index >= 15 is 0 Å². The molecule has 1 aliphatic rings. The van der Waals surface area contributed by atoms with Gasteiger partial charge >= 0.3 is 6.09 Å². The molecule has 0 radical (unpaired) electrons. The number of ether oxygens (including phenoxy) is 1. The van der Waals surface area contributed by atoms with E-state index in [-0.39, 0.29) is 29.6 Å². The monoisotopic (exact) mass is 361 g/mol. The maximum atomic E-state index is 13.3. The largest absolute Gasteiger partial charge is 0.450 e. The number of hydrogen-bond acceptors (Lipinski definition) is 5. The summed E-state index contributed by atoms with van der Waals surface area (Å²) in [7, 11) is 0. The molecule has 0 unspecified atom stereocenters. The van der Waals surface area contributed by atoms with Crippen LogP contribution in [0.4, 0.5) is 9.18 Å². The molecule has 0 saturated carbocycles. The number of likely N-dealkylation sites (tertiary alicyclic amines) is 1. The molecule has 1 fully saturated rings. The molecule has 2 amide bonds. The van der Waals surface area contributed by atoms with Gasteiger partial charge in [0, 0.05) is 30.8 Å². The van der Waals surface area contributed by atoms with Crippen molar-refractivity contribution in [1.82, 2.24) is 15.4 Å². The summed E-state index contributed by atoms with van der Waals surface area (Å²) >= 11 is 0. The number of nitrogens with zero attached hydrogens (tertiary/aromatic N) is 2. The minimum Gasteiger partial charge on any atom is -0.450 e. The standard InChI is InChI=1S/C18H20FN3O4/c1-2-25-18(24)22-8-6-14(7-9-22)20-17(23)16-11-15(21-26-16)12-4-3-5-13(19)10-12/h3-5,10-11,14H,2,6-9H2,1H3,(H,20,23). The van der Waals surface area contributed by atoms with Crippen LogP contribution in [0.1, 0.15) is 30.3 Å². The summed E-state index contributed by atoms with van der Waals surface area (Å²) in [5.74, 6) is -0.698. The lowest BCUT2D eigenvalue weighted by atomic mass is 10.1. The highest BCUT2D eigenvalue weighted by Crippen LogP contribution is 2.20. The van der Waals surface area contributed by atoms with Crippen molar-refractivity contribution < 1.29 is 23.2 Å².